The molecule has 1 heterocycles. The fourth-order valence-corrected chi connectivity index (χ4v) is 1.18. The van der Waals surface area contributed by atoms with Crippen LogP contribution >= 0.6 is 0 Å². The van der Waals surface area contributed by atoms with Crippen molar-refractivity contribution in [1.82, 2.24) is 10.3 Å². The van der Waals surface area contributed by atoms with Crippen molar-refractivity contribution >= 4 is 5.91 Å². The molecule has 15 heavy (non-hydrogen) atoms. The first-order chi connectivity index (χ1) is 7.02. The Bertz CT molecular complexity index is 352. The highest BCUT2D eigenvalue weighted by Crippen LogP contribution is 2.14. The number of nitrogens with zero attached hydrogens (tertiary/aromatic N) is 1. The van der Waals surface area contributed by atoms with E-state index in [-0.39, 0.29) is 17.9 Å². The van der Waals surface area contributed by atoms with E-state index in [2.05, 4.69) is 10.3 Å². The van der Waals surface area contributed by atoms with E-state index in [1.807, 2.05) is 0 Å². The maximum absolute atomic E-state index is 13.2. The van der Waals surface area contributed by atoms with Gasteiger partial charge in [0.05, 0.1) is 6.04 Å². The Labute approximate surface area is 88.7 Å². The van der Waals surface area contributed by atoms with Crippen LogP contribution in [0.1, 0.15) is 32.4 Å². The second-order valence-electron chi connectivity index (χ2n) is 3.77. The average Bonchev–Trinajstić information content (AvgIpc) is 2.18. The van der Waals surface area contributed by atoms with Gasteiger partial charge in [-0.3, -0.25) is 4.79 Å². The van der Waals surface area contributed by atoms with Crippen LogP contribution in [0.5, 0.6) is 0 Å². The van der Waals surface area contributed by atoms with Crippen molar-refractivity contribution in [3.63, 3.8) is 0 Å². The van der Waals surface area contributed by atoms with E-state index >= 15 is 0 Å². The first-order valence-corrected chi connectivity index (χ1v) is 4.93. The summed E-state index contributed by atoms with van der Waals surface area (Å²) in [5, 5.41) is 2.72. The molecule has 0 bridgehead atoms. The van der Waals surface area contributed by atoms with Crippen LogP contribution in [0.3, 0.4) is 0 Å². The number of rotatable bonds is 3. The van der Waals surface area contributed by atoms with Gasteiger partial charge in [-0.2, -0.15) is 4.39 Å². The third-order valence-electron chi connectivity index (χ3n) is 2.14. The number of carbonyl (C=O) groups is 1. The lowest BCUT2D eigenvalue weighted by atomic mass is 10.1. The van der Waals surface area contributed by atoms with Crippen LogP contribution in [0.25, 0.3) is 0 Å². The quantitative estimate of drug-likeness (QED) is 0.776. The van der Waals surface area contributed by atoms with Gasteiger partial charge >= 0.3 is 0 Å². The maximum Gasteiger partial charge on any atom is 0.223 e. The lowest BCUT2D eigenvalue weighted by molar-refractivity contribution is -0.124. The predicted octanol–water partition coefficient (Wildman–Crippen LogP) is 2.05. The zero-order valence-corrected chi connectivity index (χ0v) is 9.12. The molecule has 1 atom stereocenters. The molecule has 0 aromatic carbocycles. The summed E-state index contributed by atoms with van der Waals surface area (Å²) in [6, 6.07) is 2.91. The number of hydrogen-bond donors (Lipinski definition) is 1. The predicted molar refractivity (Wildman–Crippen MR) is 55.6 cm³/mol. The Morgan fingerprint density at radius 2 is 2.13 bits per heavy atom. The first-order valence-electron chi connectivity index (χ1n) is 4.93. The highest BCUT2D eigenvalue weighted by Gasteiger charge is 2.15. The van der Waals surface area contributed by atoms with Gasteiger partial charge in [0, 0.05) is 17.7 Å². The molecule has 0 fully saturated rings. The fourth-order valence-electron chi connectivity index (χ4n) is 1.18. The lowest BCUT2D eigenvalue weighted by Gasteiger charge is -2.15. The fraction of sp³-hybridized carbons (Fsp3) is 0.455. The van der Waals surface area contributed by atoms with Crippen LogP contribution in [0.2, 0.25) is 0 Å². The molecular formula is C11H15FN2O. The largest absolute Gasteiger partial charge is 0.349 e. The first kappa shape index (κ1) is 11.6. The monoisotopic (exact) mass is 210 g/mol. The van der Waals surface area contributed by atoms with Crippen molar-refractivity contribution in [3.05, 3.63) is 29.8 Å². The molecule has 0 aliphatic carbocycles. The van der Waals surface area contributed by atoms with E-state index < -0.39 is 5.95 Å². The highest BCUT2D eigenvalue weighted by atomic mass is 19.1. The van der Waals surface area contributed by atoms with E-state index in [9.17, 15) is 9.18 Å². The van der Waals surface area contributed by atoms with Crippen molar-refractivity contribution in [2.24, 2.45) is 5.92 Å². The number of nitrogens with one attached hydrogen (secondary N) is 1. The topological polar surface area (TPSA) is 42.0 Å². The minimum Gasteiger partial charge on any atom is -0.349 e. The molecular weight excluding hydrogens is 195 g/mol. The molecule has 0 saturated carbocycles. The number of aromatic nitrogens is 1. The van der Waals surface area contributed by atoms with Crippen LogP contribution in [0.4, 0.5) is 4.39 Å². The number of amides is 1. The van der Waals surface area contributed by atoms with Crippen molar-refractivity contribution < 1.29 is 9.18 Å². The zero-order chi connectivity index (χ0) is 11.4. The van der Waals surface area contributed by atoms with Crippen molar-refractivity contribution in [2.75, 3.05) is 0 Å². The van der Waals surface area contributed by atoms with Gasteiger partial charge in [0.1, 0.15) is 0 Å². The molecule has 0 saturated heterocycles. The molecule has 3 nitrogen and oxygen atoms in total. The molecule has 0 spiro atoms. The number of pyridine rings is 1. The third kappa shape index (κ3) is 3.01. The van der Waals surface area contributed by atoms with Gasteiger partial charge in [-0.15, -0.1) is 0 Å². The molecule has 82 valence electrons. The maximum atomic E-state index is 13.2. The lowest BCUT2D eigenvalue weighted by Crippen LogP contribution is -2.30. The summed E-state index contributed by atoms with van der Waals surface area (Å²) in [4.78, 5) is 14.9. The third-order valence-corrected chi connectivity index (χ3v) is 2.14. The Morgan fingerprint density at radius 3 is 2.67 bits per heavy atom. The Balaban J connectivity index is 2.73. The van der Waals surface area contributed by atoms with Gasteiger partial charge in [0.15, 0.2) is 0 Å². The van der Waals surface area contributed by atoms with Crippen LogP contribution in [-0.4, -0.2) is 10.9 Å². The molecule has 0 aliphatic heterocycles. The smallest absolute Gasteiger partial charge is 0.223 e. The van der Waals surface area contributed by atoms with Gasteiger partial charge in [0.2, 0.25) is 11.9 Å². The molecule has 4 heteroatoms. The molecule has 1 N–H and O–H groups in total. The van der Waals surface area contributed by atoms with Crippen molar-refractivity contribution in [3.8, 4) is 0 Å². The highest BCUT2D eigenvalue weighted by molar-refractivity contribution is 5.78. The summed E-state index contributed by atoms with van der Waals surface area (Å²) in [6.07, 6.45) is 1.38. The van der Waals surface area contributed by atoms with E-state index in [4.69, 9.17) is 0 Å². The number of carbonyl (C=O) groups excluding carboxylic acids is 1. The summed E-state index contributed by atoms with van der Waals surface area (Å²) in [5.41, 5.74) is 0.409. The summed E-state index contributed by atoms with van der Waals surface area (Å²) in [7, 11) is 0. The Morgan fingerprint density at radius 1 is 1.47 bits per heavy atom. The van der Waals surface area contributed by atoms with Crippen LogP contribution in [-0.2, 0) is 4.79 Å². The second-order valence-corrected chi connectivity index (χ2v) is 3.77. The number of halogens is 1. The molecule has 1 rings (SSSR count). The van der Waals surface area contributed by atoms with Gasteiger partial charge in [0.25, 0.3) is 0 Å². The SMILES string of the molecule is CC(C)C(=O)N[C@H](C)c1cccnc1F. The molecule has 0 aliphatic rings. The van der Waals surface area contributed by atoms with E-state index in [0.29, 0.717) is 5.56 Å². The van der Waals surface area contributed by atoms with Crippen LogP contribution in [0, 0.1) is 11.9 Å². The van der Waals surface area contributed by atoms with Crippen molar-refractivity contribution in [2.45, 2.75) is 26.8 Å². The van der Waals surface area contributed by atoms with Crippen molar-refractivity contribution in [1.29, 1.82) is 0 Å². The second kappa shape index (κ2) is 4.87. The Kier molecular flexibility index (Phi) is 3.77. The summed E-state index contributed by atoms with van der Waals surface area (Å²) in [6.45, 7) is 5.32. The van der Waals surface area contributed by atoms with Crippen LogP contribution < -0.4 is 5.32 Å². The average molecular weight is 210 g/mol. The molecule has 1 amide bonds. The summed E-state index contributed by atoms with van der Waals surface area (Å²) >= 11 is 0. The van der Waals surface area contributed by atoms with Gasteiger partial charge in [-0.1, -0.05) is 19.9 Å². The van der Waals surface area contributed by atoms with Gasteiger partial charge in [-0.05, 0) is 13.0 Å². The van der Waals surface area contributed by atoms with E-state index in [1.54, 1.807) is 32.9 Å². The molecule has 0 unspecified atom stereocenters. The standard InChI is InChI=1S/C11H15FN2O/c1-7(2)11(15)14-8(3)9-5-4-6-13-10(9)12/h4-8H,1-3H3,(H,14,15)/t8-/m1/s1. The van der Waals surface area contributed by atoms with E-state index in [1.165, 1.54) is 6.20 Å². The van der Waals surface area contributed by atoms with E-state index in [0.717, 1.165) is 0 Å². The van der Waals surface area contributed by atoms with Gasteiger partial charge in [-0.25, -0.2) is 4.98 Å². The van der Waals surface area contributed by atoms with Crippen LogP contribution in [0.15, 0.2) is 18.3 Å². The normalized spacial score (nSPS) is 12.6. The zero-order valence-electron chi connectivity index (χ0n) is 9.12. The van der Waals surface area contributed by atoms with Gasteiger partial charge < -0.3 is 5.32 Å². The summed E-state index contributed by atoms with van der Waals surface area (Å²) < 4.78 is 13.2. The minimum absolute atomic E-state index is 0.0919. The molecule has 0 radical (unpaired) electrons. The number of hydrogen-bond acceptors (Lipinski definition) is 2. The summed E-state index contributed by atoms with van der Waals surface area (Å²) in [5.74, 6) is -0.730. The Hall–Kier alpha value is -1.45. The molecule has 1 aromatic rings. The molecule has 1 aromatic heterocycles. The minimum atomic E-state index is -0.533.